The quantitative estimate of drug-likeness (QED) is 0.749. The highest BCUT2D eigenvalue weighted by Gasteiger charge is 2.38. The summed E-state index contributed by atoms with van der Waals surface area (Å²) < 4.78 is 6.24. The van der Waals surface area contributed by atoms with Gasteiger partial charge in [-0.2, -0.15) is 0 Å². The zero-order chi connectivity index (χ0) is 19.1. The third-order valence-electron chi connectivity index (χ3n) is 5.59. The summed E-state index contributed by atoms with van der Waals surface area (Å²) in [6, 6.07) is 8.68. The Labute approximate surface area is 163 Å². The van der Waals surface area contributed by atoms with Gasteiger partial charge in [-0.1, -0.05) is 29.8 Å². The molecule has 27 heavy (non-hydrogen) atoms. The second-order valence-corrected chi connectivity index (χ2v) is 7.52. The number of halogens is 1. The van der Waals surface area contributed by atoms with Crippen LogP contribution in [0.15, 0.2) is 36.4 Å². The van der Waals surface area contributed by atoms with E-state index in [0.29, 0.717) is 21.9 Å². The molecule has 2 aromatic carbocycles. The number of likely N-dealkylation sites (tertiary alicyclic amines) is 1. The molecule has 0 saturated carbocycles. The molecule has 0 spiro atoms. The predicted octanol–water partition coefficient (Wildman–Crippen LogP) is 3.68. The number of phenolic OH excluding ortho intramolecular Hbond substituents is 2. The second kappa shape index (κ2) is 7.08. The number of fused-ring (bicyclic) bond motifs is 1. The summed E-state index contributed by atoms with van der Waals surface area (Å²) in [6.07, 6.45) is 4.01. The standard InChI is InChI=1S/C21H22ClNO4/c1-23-9-8-13(16(23)11-24)20-18(26)10-17(25)14-6-7-19(27-21(14)20)12-4-2-3-5-15(12)22/h2-7,10,13,16,19,24-26H,8-9,11H2,1H3/t13-,16+,19?/m1/s1. The first-order chi connectivity index (χ1) is 13.0. The van der Waals surface area contributed by atoms with Crippen LogP contribution in [0, 0.1) is 0 Å². The molecule has 2 heterocycles. The van der Waals surface area contributed by atoms with Gasteiger partial charge in [0, 0.05) is 34.2 Å². The Bertz CT molecular complexity index is 898. The van der Waals surface area contributed by atoms with Crippen molar-refractivity contribution in [2.24, 2.45) is 0 Å². The Morgan fingerprint density at radius 2 is 2.00 bits per heavy atom. The van der Waals surface area contributed by atoms with Gasteiger partial charge in [0.1, 0.15) is 23.4 Å². The lowest BCUT2D eigenvalue weighted by molar-refractivity contribution is 0.169. The summed E-state index contributed by atoms with van der Waals surface area (Å²) in [5.41, 5.74) is 1.99. The zero-order valence-corrected chi connectivity index (χ0v) is 15.7. The highest BCUT2D eigenvalue weighted by Crippen LogP contribution is 2.50. The third-order valence-corrected chi connectivity index (χ3v) is 5.93. The third kappa shape index (κ3) is 3.06. The van der Waals surface area contributed by atoms with Crippen LogP contribution in [0.5, 0.6) is 17.2 Å². The molecule has 0 aromatic heterocycles. The maximum absolute atomic E-state index is 10.6. The summed E-state index contributed by atoms with van der Waals surface area (Å²) in [6.45, 7) is 0.800. The Kier molecular flexibility index (Phi) is 4.76. The number of aliphatic hydroxyl groups excluding tert-OH is 1. The minimum absolute atomic E-state index is 0.0139. The zero-order valence-electron chi connectivity index (χ0n) is 15.0. The van der Waals surface area contributed by atoms with Crippen LogP contribution in [0.3, 0.4) is 0 Å². The molecule has 2 aliphatic rings. The lowest BCUT2D eigenvalue weighted by Gasteiger charge is -2.30. The number of nitrogens with zero attached hydrogens (tertiary/aromatic N) is 1. The first kappa shape index (κ1) is 18.2. The number of hydrogen-bond acceptors (Lipinski definition) is 5. The Balaban J connectivity index is 1.81. The maximum Gasteiger partial charge on any atom is 0.144 e. The van der Waals surface area contributed by atoms with Crippen LogP contribution < -0.4 is 4.74 Å². The number of phenols is 2. The molecule has 0 amide bonds. The maximum atomic E-state index is 10.6. The fourth-order valence-electron chi connectivity index (χ4n) is 4.14. The molecule has 5 nitrogen and oxygen atoms in total. The van der Waals surface area contributed by atoms with E-state index in [2.05, 4.69) is 4.90 Å². The normalized spacial score (nSPS) is 24.6. The summed E-state index contributed by atoms with van der Waals surface area (Å²) in [5, 5.41) is 31.4. The van der Waals surface area contributed by atoms with Crippen LogP contribution in [0.25, 0.3) is 6.08 Å². The van der Waals surface area contributed by atoms with E-state index >= 15 is 0 Å². The SMILES string of the molecule is CN1CC[C@@H](c2c(O)cc(O)c3c2OC(c2ccccc2Cl)C=C3)[C@@H]1CO. The Morgan fingerprint density at radius 3 is 2.74 bits per heavy atom. The molecule has 3 N–H and O–H groups in total. The molecule has 2 aromatic rings. The molecule has 142 valence electrons. The second-order valence-electron chi connectivity index (χ2n) is 7.12. The number of hydrogen-bond donors (Lipinski definition) is 3. The molecule has 1 saturated heterocycles. The molecular weight excluding hydrogens is 366 g/mol. The molecule has 0 aliphatic carbocycles. The molecule has 0 bridgehead atoms. The molecule has 3 atom stereocenters. The van der Waals surface area contributed by atoms with Gasteiger partial charge in [-0.3, -0.25) is 0 Å². The van der Waals surface area contributed by atoms with Crippen molar-refractivity contribution in [3.8, 4) is 17.2 Å². The van der Waals surface area contributed by atoms with Gasteiger partial charge >= 0.3 is 0 Å². The van der Waals surface area contributed by atoms with E-state index in [0.717, 1.165) is 18.5 Å². The largest absolute Gasteiger partial charge is 0.507 e. The molecular formula is C21H22ClNO4. The van der Waals surface area contributed by atoms with Crippen molar-refractivity contribution in [1.29, 1.82) is 0 Å². The van der Waals surface area contributed by atoms with Gasteiger partial charge in [0.05, 0.1) is 12.2 Å². The fourth-order valence-corrected chi connectivity index (χ4v) is 4.39. The van der Waals surface area contributed by atoms with Gasteiger partial charge in [0.25, 0.3) is 0 Å². The first-order valence-corrected chi connectivity index (χ1v) is 9.38. The molecule has 2 aliphatic heterocycles. The van der Waals surface area contributed by atoms with Gasteiger partial charge in [-0.15, -0.1) is 0 Å². The highest BCUT2D eigenvalue weighted by atomic mass is 35.5. The molecule has 0 radical (unpaired) electrons. The van der Waals surface area contributed by atoms with Crippen molar-refractivity contribution in [1.82, 2.24) is 4.90 Å². The van der Waals surface area contributed by atoms with E-state index in [1.54, 1.807) is 12.1 Å². The van der Waals surface area contributed by atoms with Crippen LogP contribution in [0.1, 0.15) is 35.1 Å². The van der Waals surface area contributed by atoms with Gasteiger partial charge < -0.3 is 25.0 Å². The van der Waals surface area contributed by atoms with Gasteiger partial charge in [-0.25, -0.2) is 0 Å². The number of benzene rings is 2. The monoisotopic (exact) mass is 387 g/mol. The lowest BCUT2D eigenvalue weighted by Crippen LogP contribution is -2.32. The number of aliphatic hydroxyl groups is 1. The van der Waals surface area contributed by atoms with Crippen LogP contribution in [-0.4, -0.2) is 46.5 Å². The van der Waals surface area contributed by atoms with Crippen molar-refractivity contribution in [3.63, 3.8) is 0 Å². The van der Waals surface area contributed by atoms with Crippen molar-refractivity contribution in [2.75, 3.05) is 20.2 Å². The Hall–Kier alpha value is -2.21. The van der Waals surface area contributed by atoms with E-state index in [1.165, 1.54) is 6.07 Å². The number of ether oxygens (including phenoxy) is 1. The predicted molar refractivity (Wildman–Crippen MR) is 104 cm³/mol. The smallest absolute Gasteiger partial charge is 0.144 e. The van der Waals surface area contributed by atoms with E-state index in [4.69, 9.17) is 16.3 Å². The summed E-state index contributed by atoms with van der Waals surface area (Å²) >= 11 is 6.33. The van der Waals surface area contributed by atoms with Crippen molar-refractivity contribution < 1.29 is 20.1 Å². The highest BCUT2D eigenvalue weighted by molar-refractivity contribution is 6.31. The van der Waals surface area contributed by atoms with E-state index in [9.17, 15) is 15.3 Å². The van der Waals surface area contributed by atoms with Crippen molar-refractivity contribution >= 4 is 17.7 Å². The molecule has 1 fully saturated rings. The minimum atomic E-state index is -0.419. The summed E-state index contributed by atoms with van der Waals surface area (Å²) in [4.78, 5) is 2.08. The van der Waals surface area contributed by atoms with E-state index < -0.39 is 6.10 Å². The fraction of sp³-hybridized carbons (Fsp3) is 0.333. The minimum Gasteiger partial charge on any atom is -0.507 e. The van der Waals surface area contributed by atoms with Crippen molar-refractivity contribution in [3.05, 3.63) is 58.1 Å². The topological polar surface area (TPSA) is 73.2 Å². The van der Waals surface area contributed by atoms with Crippen LogP contribution in [0.2, 0.25) is 5.02 Å². The van der Waals surface area contributed by atoms with Crippen LogP contribution in [0.4, 0.5) is 0 Å². The molecule has 4 rings (SSSR count). The van der Waals surface area contributed by atoms with Crippen molar-refractivity contribution in [2.45, 2.75) is 24.5 Å². The van der Waals surface area contributed by atoms with Crippen LogP contribution in [-0.2, 0) is 0 Å². The number of likely N-dealkylation sites (N-methyl/N-ethyl adjacent to an activating group) is 1. The van der Waals surface area contributed by atoms with E-state index in [-0.39, 0.29) is 30.1 Å². The summed E-state index contributed by atoms with van der Waals surface area (Å²) in [7, 11) is 1.96. The van der Waals surface area contributed by atoms with Crippen LogP contribution >= 0.6 is 11.6 Å². The lowest BCUT2D eigenvalue weighted by atomic mass is 9.87. The molecule has 1 unspecified atom stereocenters. The van der Waals surface area contributed by atoms with Gasteiger partial charge in [0.2, 0.25) is 0 Å². The Morgan fingerprint density at radius 1 is 1.22 bits per heavy atom. The first-order valence-electron chi connectivity index (χ1n) is 9.00. The number of rotatable bonds is 3. The number of aromatic hydroxyl groups is 2. The molecule has 6 heteroatoms. The van der Waals surface area contributed by atoms with Gasteiger partial charge in [0.15, 0.2) is 0 Å². The average molecular weight is 388 g/mol. The average Bonchev–Trinajstić information content (AvgIpc) is 3.02. The van der Waals surface area contributed by atoms with E-state index in [1.807, 2.05) is 31.3 Å². The van der Waals surface area contributed by atoms with Gasteiger partial charge in [-0.05, 0) is 38.2 Å². The summed E-state index contributed by atoms with van der Waals surface area (Å²) in [5.74, 6) is 0.316.